The second-order valence-electron chi connectivity index (χ2n) is 6.87. The lowest BCUT2D eigenvalue weighted by Gasteiger charge is -2.37. The quantitative estimate of drug-likeness (QED) is 0.774. The molecule has 2 heterocycles. The number of fused-ring (bicyclic) bond motifs is 1. The van der Waals surface area contributed by atoms with Gasteiger partial charge in [0.2, 0.25) is 5.91 Å². The third-order valence-electron chi connectivity index (χ3n) is 5.09. The van der Waals surface area contributed by atoms with E-state index in [-0.39, 0.29) is 18.9 Å². The van der Waals surface area contributed by atoms with Crippen LogP contribution in [0.5, 0.6) is 0 Å². The highest BCUT2D eigenvalue weighted by atomic mass is 19.1. The van der Waals surface area contributed by atoms with Crippen molar-refractivity contribution in [3.8, 4) is 0 Å². The van der Waals surface area contributed by atoms with E-state index in [0.717, 1.165) is 0 Å². The van der Waals surface area contributed by atoms with E-state index in [1.165, 1.54) is 25.1 Å². The fourth-order valence-electron chi connectivity index (χ4n) is 3.69. The lowest BCUT2D eigenvalue weighted by molar-refractivity contribution is -0.145. The molecule has 1 saturated heterocycles. The van der Waals surface area contributed by atoms with Gasteiger partial charge in [-0.3, -0.25) is 19.3 Å². The minimum atomic E-state index is -1.04. The molecular weight excluding hydrogens is 369 g/mol. The molecule has 0 aliphatic carbocycles. The number of carboxylic acids is 2. The van der Waals surface area contributed by atoms with E-state index in [1.54, 1.807) is 20.6 Å². The maximum atomic E-state index is 13.8. The fraction of sp³-hybridized carbons (Fsp3) is 0.421. The molecule has 9 heteroatoms. The summed E-state index contributed by atoms with van der Waals surface area (Å²) in [4.78, 5) is 38.0. The molecule has 1 amide bonds. The molecule has 0 spiro atoms. The highest BCUT2D eigenvalue weighted by Crippen LogP contribution is 2.32. The molecule has 1 atom stereocenters. The number of carboxylic acid groups (broad SMARTS) is 2. The van der Waals surface area contributed by atoms with Crippen LogP contribution >= 0.6 is 0 Å². The van der Waals surface area contributed by atoms with Crippen LogP contribution in [0.2, 0.25) is 0 Å². The molecule has 1 aromatic carbocycles. The van der Waals surface area contributed by atoms with E-state index in [9.17, 15) is 23.9 Å². The summed E-state index contributed by atoms with van der Waals surface area (Å²) in [5.74, 6) is -2.56. The molecule has 3 rings (SSSR count). The molecule has 1 aliphatic heterocycles. The van der Waals surface area contributed by atoms with Crippen molar-refractivity contribution in [2.24, 2.45) is 0 Å². The number of carbonyl (C=O) groups excluding carboxylic acids is 1. The van der Waals surface area contributed by atoms with Crippen LogP contribution in [0.15, 0.2) is 24.4 Å². The number of aryl methyl sites for hydroxylation is 1. The summed E-state index contributed by atoms with van der Waals surface area (Å²) in [7, 11) is 0. The van der Waals surface area contributed by atoms with Crippen LogP contribution < -0.4 is 0 Å². The zero-order valence-corrected chi connectivity index (χ0v) is 15.5. The van der Waals surface area contributed by atoms with Crippen LogP contribution in [-0.4, -0.2) is 68.6 Å². The van der Waals surface area contributed by atoms with Gasteiger partial charge in [-0.2, -0.15) is 0 Å². The second-order valence-corrected chi connectivity index (χ2v) is 6.87. The summed E-state index contributed by atoms with van der Waals surface area (Å²) in [5, 5.41) is 19.4. The predicted molar refractivity (Wildman–Crippen MR) is 98.4 cm³/mol. The number of benzene rings is 1. The largest absolute Gasteiger partial charge is 0.481 e. The third kappa shape index (κ3) is 3.99. The number of hydrogen-bond acceptors (Lipinski definition) is 4. The maximum absolute atomic E-state index is 13.8. The Morgan fingerprint density at radius 3 is 2.39 bits per heavy atom. The smallest absolute Gasteiger partial charge is 0.325 e. The van der Waals surface area contributed by atoms with Crippen LogP contribution in [0.1, 0.15) is 24.9 Å². The van der Waals surface area contributed by atoms with E-state index in [1.807, 2.05) is 0 Å². The number of aromatic nitrogens is 1. The van der Waals surface area contributed by atoms with Crippen LogP contribution in [0.3, 0.4) is 0 Å². The molecule has 28 heavy (non-hydrogen) atoms. The number of carbonyl (C=O) groups is 3. The third-order valence-corrected chi connectivity index (χ3v) is 5.09. The van der Waals surface area contributed by atoms with Crippen molar-refractivity contribution in [3.63, 3.8) is 0 Å². The molecule has 0 radical (unpaired) electrons. The molecule has 0 saturated carbocycles. The lowest BCUT2D eigenvalue weighted by Crippen LogP contribution is -2.50. The molecule has 0 bridgehead atoms. The van der Waals surface area contributed by atoms with Gasteiger partial charge < -0.3 is 19.7 Å². The molecule has 8 nitrogen and oxygen atoms in total. The minimum absolute atomic E-state index is 0.0488. The zero-order chi connectivity index (χ0) is 20.4. The van der Waals surface area contributed by atoms with Gasteiger partial charge in [0.25, 0.3) is 0 Å². The first-order valence-electron chi connectivity index (χ1n) is 9.00. The number of amides is 1. The molecule has 1 aliphatic rings. The lowest BCUT2D eigenvalue weighted by atomic mass is 10.0. The number of rotatable bonds is 6. The number of aliphatic carboxylic acids is 2. The maximum Gasteiger partial charge on any atom is 0.325 e. The molecule has 1 aromatic heterocycles. The van der Waals surface area contributed by atoms with Gasteiger partial charge in [-0.25, -0.2) is 4.39 Å². The molecule has 2 N–H and O–H groups in total. The van der Waals surface area contributed by atoms with Gasteiger partial charge in [0.15, 0.2) is 0 Å². The first-order valence-corrected chi connectivity index (χ1v) is 9.00. The fourth-order valence-corrected chi connectivity index (χ4v) is 3.69. The van der Waals surface area contributed by atoms with E-state index < -0.39 is 23.8 Å². The number of halogens is 1. The monoisotopic (exact) mass is 391 g/mol. The predicted octanol–water partition coefficient (Wildman–Crippen LogP) is 1.54. The Labute approximate surface area is 160 Å². The first kappa shape index (κ1) is 19.8. The molecule has 1 fully saturated rings. The minimum Gasteiger partial charge on any atom is -0.481 e. The van der Waals surface area contributed by atoms with Gasteiger partial charge in [-0.05, 0) is 18.2 Å². The highest BCUT2D eigenvalue weighted by Gasteiger charge is 2.33. The molecule has 2 aromatic rings. The van der Waals surface area contributed by atoms with E-state index in [4.69, 9.17) is 5.11 Å². The van der Waals surface area contributed by atoms with E-state index in [0.29, 0.717) is 42.6 Å². The Morgan fingerprint density at radius 1 is 1.14 bits per heavy atom. The Hall–Kier alpha value is -2.94. The SMILES string of the molecule is CC(=O)N1CCN(C(C(=O)O)c2cn(CCC(=O)O)c3cc(F)ccc23)CC1. The van der Waals surface area contributed by atoms with Crippen molar-refractivity contribution >= 4 is 28.7 Å². The van der Waals surface area contributed by atoms with Crippen molar-refractivity contribution < 1.29 is 29.0 Å². The van der Waals surface area contributed by atoms with E-state index >= 15 is 0 Å². The zero-order valence-electron chi connectivity index (χ0n) is 15.5. The van der Waals surface area contributed by atoms with Gasteiger partial charge in [-0.1, -0.05) is 0 Å². The molecule has 150 valence electrons. The van der Waals surface area contributed by atoms with Crippen molar-refractivity contribution in [2.45, 2.75) is 25.9 Å². The summed E-state index contributed by atoms with van der Waals surface area (Å²) >= 11 is 0. The Bertz CT molecular complexity index is 918. The number of nitrogens with zero attached hydrogens (tertiary/aromatic N) is 3. The number of hydrogen-bond donors (Lipinski definition) is 2. The van der Waals surface area contributed by atoms with Gasteiger partial charge in [-0.15, -0.1) is 0 Å². The average molecular weight is 391 g/mol. The Morgan fingerprint density at radius 2 is 1.82 bits per heavy atom. The molecule has 1 unspecified atom stereocenters. The summed E-state index contributed by atoms with van der Waals surface area (Å²) in [6, 6.07) is 3.11. The van der Waals surface area contributed by atoms with Crippen LogP contribution in [0.4, 0.5) is 4.39 Å². The first-order chi connectivity index (χ1) is 13.3. The topological polar surface area (TPSA) is 103 Å². The van der Waals surface area contributed by atoms with Crippen molar-refractivity contribution in [1.82, 2.24) is 14.4 Å². The van der Waals surface area contributed by atoms with Gasteiger partial charge >= 0.3 is 11.9 Å². The molecular formula is C19H22FN3O5. The van der Waals surface area contributed by atoms with Gasteiger partial charge in [0.1, 0.15) is 11.9 Å². The van der Waals surface area contributed by atoms with Gasteiger partial charge in [0, 0.05) is 56.8 Å². The summed E-state index contributed by atoms with van der Waals surface area (Å²) in [6.45, 7) is 3.27. The van der Waals surface area contributed by atoms with Crippen LogP contribution in [0.25, 0.3) is 10.9 Å². The normalized spacial score (nSPS) is 16.3. The van der Waals surface area contributed by atoms with Crippen molar-refractivity contribution in [1.29, 1.82) is 0 Å². The average Bonchev–Trinajstić information content (AvgIpc) is 2.97. The highest BCUT2D eigenvalue weighted by molar-refractivity contribution is 5.90. The summed E-state index contributed by atoms with van der Waals surface area (Å²) in [5.41, 5.74) is 0.953. The van der Waals surface area contributed by atoms with E-state index in [2.05, 4.69) is 0 Å². The summed E-state index contributed by atoms with van der Waals surface area (Å²) in [6.07, 6.45) is 1.44. The second kappa shape index (κ2) is 7.97. The Kier molecular flexibility index (Phi) is 5.64. The van der Waals surface area contributed by atoms with Crippen LogP contribution in [0, 0.1) is 5.82 Å². The van der Waals surface area contributed by atoms with Crippen molar-refractivity contribution in [3.05, 3.63) is 35.8 Å². The Balaban J connectivity index is 1.98. The standard InChI is InChI=1S/C19H22FN3O5/c1-12(24)21-6-8-22(9-7-21)18(19(27)28)15-11-23(5-4-17(25)26)16-10-13(20)2-3-14(15)16/h2-3,10-11,18H,4-9H2,1H3,(H,25,26)(H,27,28). The van der Waals surface area contributed by atoms with Gasteiger partial charge in [0.05, 0.1) is 11.9 Å². The number of piperazine rings is 1. The summed E-state index contributed by atoms with van der Waals surface area (Å²) < 4.78 is 15.4. The van der Waals surface area contributed by atoms with Crippen molar-refractivity contribution in [2.75, 3.05) is 26.2 Å². The van der Waals surface area contributed by atoms with Crippen LogP contribution in [-0.2, 0) is 20.9 Å².